The number of Topliss-reactive ketones (excluding diaryl/α,β-unsaturated/α-hetero) is 1. The van der Waals surface area contributed by atoms with Gasteiger partial charge in [0, 0.05) is 24.0 Å². The molecule has 1 aliphatic carbocycles. The molecule has 2 aromatic rings. The number of ether oxygens (including phenoxy) is 2. The maximum Gasteiger partial charge on any atom is 0.307 e. The van der Waals surface area contributed by atoms with E-state index in [0.717, 1.165) is 30.6 Å². The van der Waals surface area contributed by atoms with E-state index in [1.165, 1.54) is 11.1 Å². The summed E-state index contributed by atoms with van der Waals surface area (Å²) in [6, 6.07) is 13.2. The van der Waals surface area contributed by atoms with Gasteiger partial charge in [0.2, 0.25) is 0 Å². The summed E-state index contributed by atoms with van der Waals surface area (Å²) in [4.78, 5) is 37.2. The number of benzene rings is 2. The van der Waals surface area contributed by atoms with Crippen LogP contribution in [0.3, 0.4) is 0 Å². The number of fused-ring (bicyclic) bond motifs is 2. The molecular formula is C25H27NO5. The molecule has 2 atom stereocenters. The van der Waals surface area contributed by atoms with Crippen LogP contribution < -0.4 is 10.1 Å². The van der Waals surface area contributed by atoms with E-state index in [-0.39, 0.29) is 30.6 Å². The quantitative estimate of drug-likeness (QED) is 0.544. The average Bonchev–Trinajstić information content (AvgIpc) is 3.25. The minimum Gasteiger partial charge on any atom is -0.493 e. The Labute approximate surface area is 181 Å². The van der Waals surface area contributed by atoms with Crippen molar-refractivity contribution < 1.29 is 23.9 Å². The van der Waals surface area contributed by atoms with E-state index in [4.69, 9.17) is 9.47 Å². The molecular weight excluding hydrogens is 394 g/mol. The Hall–Kier alpha value is -3.15. The minimum atomic E-state index is -0.933. The Morgan fingerprint density at radius 2 is 1.90 bits per heavy atom. The molecule has 162 valence electrons. The maximum atomic E-state index is 12.5. The van der Waals surface area contributed by atoms with Crippen LogP contribution in [0.15, 0.2) is 42.5 Å². The zero-order valence-corrected chi connectivity index (χ0v) is 17.7. The van der Waals surface area contributed by atoms with Crippen molar-refractivity contribution >= 4 is 17.7 Å². The second kappa shape index (κ2) is 9.33. The van der Waals surface area contributed by atoms with Gasteiger partial charge in [-0.1, -0.05) is 30.3 Å². The highest BCUT2D eigenvalue weighted by atomic mass is 16.5. The molecule has 1 aliphatic heterocycles. The predicted molar refractivity (Wildman–Crippen MR) is 115 cm³/mol. The summed E-state index contributed by atoms with van der Waals surface area (Å²) in [5.74, 6) is -0.235. The zero-order chi connectivity index (χ0) is 21.8. The Morgan fingerprint density at radius 3 is 2.77 bits per heavy atom. The molecule has 0 saturated heterocycles. The van der Waals surface area contributed by atoms with Gasteiger partial charge in [-0.15, -0.1) is 0 Å². The van der Waals surface area contributed by atoms with E-state index in [0.29, 0.717) is 18.6 Å². The van der Waals surface area contributed by atoms with E-state index in [1.807, 2.05) is 42.5 Å². The van der Waals surface area contributed by atoms with Crippen LogP contribution in [0.1, 0.15) is 65.7 Å². The molecule has 1 heterocycles. The summed E-state index contributed by atoms with van der Waals surface area (Å²) >= 11 is 0. The van der Waals surface area contributed by atoms with E-state index < -0.39 is 12.1 Å². The smallest absolute Gasteiger partial charge is 0.307 e. The van der Waals surface area contributed by atoms with Gasteiger partial charge in [-0.05, 0) is 49.4 Å². The lowest BCUT2D eigenvalue weighted by Gasteiger charge is -2.27. The van der Waals surface area contributed by atoms with Gasteiger partial charge in [-0.25, -0.2) is 0 Å². The van der Waals surface area contributed by atoms with Gasteiger partial charge in [0.1, 0.15) is 5.75 Å². The first-order valence-corrected chi connectivity index (χ1v) is 10.9. The van der Waals surface area contributed by atoms with E-state index >= 15 is 0 Å². The molecule has 6 heteroatoms. The van der Waals surface area contributed by atoms with Crippen molar-refractivity contribution in [3.05, 3.63) is 64.7 Å². The molecule has 0 aromatic heterocycles. The highest BCUT2D eigenvalue weighted by Gasteiger charge is 2.26. The molecule has 1 N–H and O–H groups in total. The molecule has 6 nitrogen and oxygen atoms in total. The third-order valence-corrected chi connectivity index (χ3v) is 5.93. The SMILES string of the molecule is CC(OC(=O)CCC(=O)c1ccc2c(c1)CCC2)C(=O)NC1CCOc2ccccc21. The Balaban J connectivity index is 1.26. The second-order valence-corrected chi connectivity index (χ2v) is 8.13. The fourth-order valence-corrected chi connectivity index (χ4v) is 4.20. The van der Waals surface area contributed by atoms with Crippen LogP contribution in [0.2, 0.25) is 0 Å². The maximum absolute atomic E-state index is 12.5. The monoisotopic (exact) mass is 421 g/mol. The van der Waals surface area contributed by atoms with Crippen LogP contribution in [0, 0.1) is 0 Å². The standard InChI is InChI=1S/C25H27NO5/c1-16(25(29)26-21-13-14-30-23-8-3-2-7-20(21)23)31-24(28)12-11-22(27)19-10-9-17-5-4-6-18(17)15-19/h2-3,7-10,15-16,21H,4-6,11-14H2,1H3,(H,26,29). The first-order chi connectivity index (χ1) is 15.0. The highest BCUT2D eigenvalue weighted by Crippen LogP contribution is 2.31. The first kappa shape index (κ1) is 21.1. The summed E-state index contributed by atoms with van der Waals surface area (Å²) < 4.78 is 10.9. The van der Waals surface area contributed by atoms with Gasteiger partial charge in [0.15, 0.2) is 11.9 Å². The lowest BCUT2D eigenvalue weighted by Crippen LogP contribution is -2.39. The van der Waals surface area contributed by atoms with E-state index in [9.17, 15) is 14.4 Å². The molecule has 4 rings (SSSR count). The topological polar surface area (TPSA) is 81.7 Å². The van der Waals surface area contributed by atoms with Gasteiger partial charge >= 0.3 is 5.97 Å². The van der Waals surface area contributed by atoms with Crippen molar-refractivity contribution in [2.75, 3.05) is 6.61 Å². The Morgan fingerprint density at radius 1 is 1.10 bits per heavy atom. The van der Waals surface area contributed by atoms with Crippen LogP contribution in [0.5, 0.6) is 5.75 Å². The number of aryl methyl sites for hydroxylation is 2. The number of ketones is 1. The summed E-state index contributed by atoms with van der Waals surface area (Å²) in [6.45, 7) is 2.06. The lowest BCUT2D eigenvalue weighted by atomic mass is 10.0. The minimum absolute atomic E-state index is 0.0480. The van der Waals surface area contributed by atoms with Crippen molar-refractivity contribution in [1.82, 2.24) is 5.32 Å². The van der Waals surface area contributed by atoms with Crippen LogP contribution in [-0.4, -0.2) is 30.4 Å². The Bertz CT molecular complexity index is 999. The van der Waals surface area contributed by atoms with Crippen LogP contribution in [-0.2, 0) is 27.2 Å². The van der Waals surface area contributed by atoms with Gasteiger partial charge in [0.05, 0.1) is 19.1 Å². The van der Waals surface area contributed by atoms with Crippen molar-refractivity contribution in [2.24, 2.45) is 0 Å². The van der Waals surface area contributed by atoms with Gasteiger partial charge in [0.25, 0.3) is 5.91 Å². The number of esters is 1. The number of nitrogens with one attached hydrogen (secondary N) is 1. The van der Waals surface area contributed by atoms with Crippen LogP contribution >= 0.6 is 0 Å². The van der Waals surface area contributed by atoms with Crippen LogP contribution in [0.4, 0.5) is 0 Å². The number of amides is 1. The summed E-state index contributed by atoms with van der Waals surface area (Å²) in [7, 11) is 0. The van der Waals surface area contributed by atoms with Crippen molar-refractivity contribution in [1.29, 1.82) is 0 Å². The largest absolute Gasteiger partial charge is 0.493 e. The zero-order valence-electron chi connectivity index (χ0n) is 17.7. The molecule has 2 unspecified atom stereocenters. The second-order valence-electron chi connectivity index (χ2n) is 8.13. The fraction of sp³-hybridized carbons (Fsp3) is 0.400. The number of hydrogen-bond donors (Lipinski definition) is 1. The molecule has 31 heavy (non-hydrogen) atoms. The van der Waals surface area contributed by atoms with E-state index in [1.54, 1.807) is 6.92 Å². The number of carbonyl (C=O) groups excluding carboxylic acids is 3. The fourth-order valence-electron chi connectivity index (χ4n) is 4.20. The number of hydrogen-bond acceptors (Lipinski definition) is 5. The molecule has 2 aliphatic rings. The van der Waals surface area contributed by atoms with Crippen molar-refractivity contribution in [2.45, 2.75) is 57.6 Å². The third kappa shape index (κ3) is 4.95. The van der Waals surface area contributed by atoms with Gasteiger partial charge < -0.3 is 14.8 Å². The Kier molecular flexibility index (Phi) is 6.35. The number of para-hydroxylation sites is 1. The molecule has 0 bridgehead atoms. The van der Waals surface area contributed by atoms with E-state index in [2.05, 4.69) is 5.32 Å². The third-order valence-electron chi connectivity index (χ3n) is 5.93. The average molecular weight is 421 g/mol. The summed E-state index contributed by atoms with van der Waals surface area (Å²) in [6.07, 6.45) is 2.93. The molecule has 0 saturated carbocycles. The summed E-state index contributed by atoms with van der Waals surface area (Å²) in [5.41, 5.74) is 4.09. The summed E-state index contributed by atoms with van der Waals surface area (Å²) in [5, 5.41) is 2.93. The van der Waals surface area contributed by atoms with Gasteiger partial charge in [-0.3, -0.25) is 14.4 Å². The molecule has 0 radical (unpaired) electrons. The van der Waals surface area contributed by atoms with Crippen molar-refractivity contribution in [3.8, 4) is 5.75 Å². The molecule has 0 spiro atoms. The number of carbonyl (C=O) groups is 3. The number of rotatable bonds is 7. The van der Waals surface area contributed by atoms with Crippen molar-refractivity contribution in [3.63, 3.8) is 0 Å². The predicted octanol–water partition coefficient (Wildman–Crippen LogP) is 3.71. The lowest BCUT2D eigenvalue weighted by molar-refractivity contribution is -0.155. The normalized spacial score (nSPS) is 17.6. The molecule has 1 amide bonds. The molecule has 2 aromatic carbocycles. The molecule has 0 fully saturated rings. The van der Waals surface area contributed by atoms with Crippen LogP contribution in [0.25, 0.3) is 0 Å². The highest BCUT2D eigenvalue weighted by molar-refractivity contribution is 5.98. The first-order valence-electron chi connectivity index (χ1n) is 10.9. The van der Waals surface area contributed by atoms with Gasteiger partial charge in [-0.2, -0.15) is 0 Å².